The Hall–Kier alpha value is -1.31. The Kier molecular flexibility index (Phi) is 3.18. The minimum absolute atomic E-state index is 0.0513. The van der Waals surface area contributed by atoms with Gasteiger partial charge in [0.1, 0.15) is 11.4 Å². The van der Waals surface area contributed by atoms with E-state index in [2.05, 4.69) is 0 Å². The number of allylic oxidation sites excluding steroid dienone is 3. The summed E-state index contributed by atoms with van der Waals surface area (Å²) in [6, 6.07) is 0. The lowest BCUT2D eigenvalue weighted by Crippen LogP contribution is -2.25. The van der Waals surface area contributed by atoms with Crippen molar-refractivity contribution in [3.8, 4) is 0 Å². The Labute approximate surface area is 91.3 Å². The molecule has 0 aromatic rings. The number of hydrogen-bond donors (Lipinski definition) is 0. The van der Waals surface area contributed by atoms with Gasteiger partial charge >= 0.3 is 0 Å². The first kappa shape index (κ1) is 11.8. The molecule has 0 aromatic carbocycles. The molecule has 0 amide bonds. The van der Waals surface area contributed by atoms with E-state index in [4.69, 9.17) is 4.74 Å². The fourth-order valence-corrected chi connectivity index (χ4v) is 1.40. The van der Waals surface area contributed by atoms with Crippen molar-refractivity contribution < 1.29 is 9.53 Å². The topological polar surface area (TPSA) is 26.3 Å². The Bertz CT molecular complexity index is 368. The van der Waals surface area contributed by atoms with E-state index in [0.717, 1.165) is 5.57 Å². The third kappa shape index (κ3) is 2.58. The molecule has 1 rings (SSSR count). The number of rotatable bonds is 1. The molecular weight excluding hydrogens is 188 g/mol. The van der Waals surface area contributed by atoms with Crippen LogP contribution < -0.4 is 0 Å². The quantitative estimate of drug-likeness (QED) is 0.616. The van der Waals surface area contributed by atoms with E-state index in [1.165, 1.54) is 0 Å². The van der Waals surface area contributed by atoms with Gasteiger partial charge in [0.25, 0.3) is 0 Å². The summed E-state index contributed by atoms with van der Waals surface area (Å²) in [5, 5.41) is 0. The van der Waals surface area contributed by atoms with Crippen LogP contribution in [-0.2, 0) is 9.53 Å². The van der Waals surface area contributed by atoms with E-state index in [0.29, 0.717) is 11.3 Å². The smallest absolute Gasteiger partial charge is 0.159 e. The van der Waals surface area contributed by atoms with E-state index < -0.39 is 0 Å². The van der Waals surface area contributed by atoms with Gasteiger partial charge in [-0.25, -0.2) is 0 Å². The van der Waals surface area contributed by atoms with E-state index in [1.54, 1.807) is 13.8 Å². The number of carbonyl (C=O) groups is 1. The molecule has 0 spiro atoms. The molecule has 0 fully saturated rings. The van der Waals surface area contributed by atoms with Crippen LogP contribution >= 0.6 is 0 Å². The first-order valence-corrected chi connectivity index (χ1v) is 5.14. The zero-order valence-electron chi connectivity index (χ0n) is 10.0. The van der Waals surface area contributed by atoms with Crippen molar-refractivity contribution in [3.05, 3.63) is 35.1 Å². The van der Waals surface area contributed by atoms with Crippen LogP contribution in [0.2, 0.25) is 0 Å². The number of ketones is 1. The highest BCUT2D eigenvalue weighted by molar-refractivity contribution is 5.94. The summed E-state index contributed by atoms with van der Waals surface area (Å²) in [7, 11) is 0. The maximum absolute atomic E-state index is 11.3. The molecule has 1 aliphatic heterocycles. The third-order valence-corrected chi connectivity index (χ3v) is 2.47. The van der Waals surface area contributed by atoms with Crippen molar-refractivity contribution in [2.24, 2.45) is 0 Å². The lowest BCUT2D eigenvalue weighted by atomic mass is 9.98. The van der Waals surface area contributed by atoms with Gasteiger partial charge in [-0.3, -0.25) is 4.79 Å². The van der Waals surface area contributed by atoms with Gasteiger partial charge in [-0.15, -0.1) is 0 Å². The van der Waals surface area contributed by atoms with Crippen LogP contribution in [0.5, 0.6) is 0 Å². The van der Waals surface area contributed by atoms with Gasteiger partial charge in [0, 0.05) is 11.1 Å². The van der Waals surface area contributed by atoms with Gasteiger partial charge in [-0.05, 0) is 40.7 Å². The lowest BCUT2D eigenvalue weighted by molar-refractivity contribution is -0.113. The maximum Gasteiger partial charge on any atom is 0.159 e. The molecule has 0 bridgehead atoms. The monoisotopic (exact) mass is 206 g/mol. The van der Waals surface area contributed by atoms with Gasteiger partial charge in [0.15, 0.2) is 5.78 Å². The van der Waals surface area contributed by atoms with E-state index in [9.17, 15) is 4.79 Å². The van der Waals surface area contributed by atoms with E-state index in [1.807, 2.05) is 39.0 Å². The molecular formula is C13H18O2. The fraction of sp³-hybridized carbons (Fsp3) is 0.462. The molecule has 0 radical (unpaired) electrons. The zero-order chi connectivity index (χ0) is 11.6. The fourth-order valence-electron chi connectivity index (χ4n) is 1.40. The van der Waals surface area contributed by atoms with Crippen LogP contribution in [0.3, 0.4) is 0 Å². The Balaban J connectivity index is 3.24. The Morgan fingerprint density at radius 3 is 2.47 bits per heavy atom. The standard InChI is InChI=1S/C13H18O2/c1-6-11-7-8-13(4,5)15-12(11)9(2)10(3)14/h6-8H,1-5H3/b11-6-,12-9-. The highest BCUT2D eigenvalue weighted by atomic mass is 16.5. The molecule has 0 aliphatic carbocycles. The van der Waals surface area contributed by atoms with Crippen LogP contribution in [0, 0.1) is 0 Å². The molecule has 0 atom stereocenters. The minimum Gasteiger partial charge on any atom is -0.483 e. The average Bonchev–Trinajstić information content (AvgIpc) is 2.15. The van der Waals surface area contributed by atoms with Gasteiger partial charge in [-0.2, -0.15) is 0 Å². The summed E-state index contributed by atoms with van der Waals surface area (Å²) in [4.78, 5) is 11.3. The van der Waals surface area contributed by atoms with E-state index >= 15 is 0 Å². The summed E-state index contributed by atoms with van der Waals surface area (Å²) in [6.07, 6.45) is 5.96. The van der Waals surface area contributed by atoms with Crippen molar-refractivity contribution in [2.45, 2.75) is 40.2 Å². The first-order valence-electron chi connectivity index (χ1n) is 5.14. The number of Topliss-reactive ketones (excluding diaryl/α,β-unsaturated/α-hetero) is 1. The second kappa shape index (κ2) is 4.05. The van der Waals surface area contributed by atoms with Gasteiger partial charge < -0.3 is 4.74 Å². The van der Waals surface area contributed by atoms with Gasteiger partial charge in [0.2, 0.25) is 0 Å². The molecule has 0 unspecified atom stereocenters. The van der Waals surface area contributed by atoms with Gasteiger partial charge in [0.05, 0.1) is 0 Å². The molecule has 2 heteroatoms. The van der Waals surface area contributed by atoms with Crippen LogP contribution in [0.1, 0.15) is 34.6 Å². The summed E-state index contributed by atoms with van der Waals surface area (Å²) in [6.45, 7) is 9.25. The molecule has 0 saturated carbocycles. The molecule has 1 heterocycles. The largest absolute Gasteiger partial charge is 0.483 e. The predicted molar refractivity (Wildman–Crippen MR) is 61.4 cm³/mol. The second-order valence-electron chi connectivity index (χ2n) is 4.29. The summed E-state index contributed by atoms with van der Waals surface area (Å²) in [5.41, 5.74) is 1.32. The third-order valence-electron chi connectivity index (χ3n) is 2.47. The van der Waals surface area contributed by atoms with Crippen molar-refractivity contribution in [1.82, 2.24) is 0 Å². The Morgan fingerprint density at radius 1 is 1.40 bits per heavy atom. The molecule has 15 heavy (non-hydrogen) atoms. The van der Waals surface area contributed by atoms with Crippen molar-refractivity contribution in [2.75, 3.05) is 0 Å². The highest BCUT2D eigenvalue weighted by Crippen LogP contribution is 2.30. The normalized spacial score (nSPS) is 25.0. The van der Waals surface area contributed by atoms with Gasteiger partial charge in [-0.1, -0.05) is 12.2 Å². The first-order chi connectivity index (χ1) is 6.87. The van der Waals surface area contributed by atoms with Crippen LogP contribution in [0.4, 0.5) is 0 Å². The summed E-state index contributed by atoms with van der Waals surface area (Å²) >= 11 is 0. The number of hydrogen-bond acceptors (Lipinski definition) is 2. The molecule has 0 saturated heterocycles. The number of ether oxygens (including phenoxy) is 1. The van der Waals surface area contributed by atoms with Crippen LogP contribution in [0.25, 0.3) is 0 Å². The summed E-state index contributed by atoms with van der Waals surface area (Å²) in [5.74, 6) is 0.757. The second-order valence-corrected chi connectivity index (χ2v) is 4.29. The highest BCUT2D eigenvalue weighted by Gasteiger charge is 2.25. The minimum atomic E-state index is -0.335. The summed E-state index contributed by atoms with van der Waals surface area (Å²) < 4.78 is 5.80. The molecule has 2 nitrogen and oxygen atoms in total. The molecule has 82 valence electrons. The van der Waals surface area contributed by atoms with E-state index in [-0.39, 0.29) is 11.4 Å². The Morgan fingerprint density at radius 2 is 2.00 bits per heavy atom. The van der Waals surface area contributed by atoms with Crippen molar-refractivity contribution in [3.63, 3.8) is 0 Å². The van der Waals surface area contributed by atoms with Crippen LogP contribution in [0.15, 0.2) is 35.1 Å². The van der Waals surface area contributed by atoms with Crippen molar-refractivity contribution >= 4 is 5.78 Å². The predicted octanol–water partition coefficient (Wildman–Crippen LogP) is 3.16. The maximum atomic E-state index is 11.3. The van der Waals surface area contributed by atoms with Crippen LogP contribution in [-0.4, -0.2) is 11.4 Å². The average molecular weight is 206 g/mol. The SMILES string of the molecule is C/C=C1/C=CC(C)(C)O/C1=C(/C)C(C)=O. The lowest BCUT2D eigenvalue weighted by Gasteiger charge is -2.30. The zero-order valence-corrected chi connectivity index (χ0v) is 10.0. The van der Waals surface area contributed by atoms with Crippen molar-refractivity contribution in [1.29, 1.82) is 0 Å². The molecule has 0 N–H and O–H groups in total. The molecule has 1 aliphatic rings. The number of carbonyl (C=O) groups excluding carboxylic acids is 1. The molecule has 0 aromatic heterocycles.